The van der Waals surface area contributed by atoms with E-state index in [1.165, 1.54) is 0 Å². The van der Waals surface area contributed by atoms with Gasteiger partial charge in [-0.1, -0.05) is 18.2 Å². The van der Waals surface area contributed by atoms with Crippen molar-refractivity contribution in [2.45, 2.75) is 6.54 Å². The highest BCUT2D eigenvalue weighted by molar-refractivity contribution is 5.79. The summed E-state index contributed by atoms with van der Waals surface area (Å²) in [4.78, 5) is 4.71. The Morgan fingerprint density at radius 1 is 0.955 bits per heavy atom. The average Bonchev–Trinajstić information content (AvgIpc) is 3.23. The van der Waals surface area contributed by atoms with Crippen molar-refractivity contribution in [2.75, 3.05) is 0 Å². The number of hydrogen-bond acceptors (Lipinski definition) is 3. The zero-order chi connectivity index (χ0) is 14.9. The Bertz CT molecular complexity index is 921. The lowest BCUT2D eigenvalue weighted by Crippen LogP contribution is -2.09. The SMILES string of the molecule is NCc1cnn(-c2ccc3ccccc3n2)c1-n1cccc1. The van der Waals surface area contributed by atoms with Gasteiger partial charge in [0.1, 0.15) is 5.82 Å². The van der Waals surface area contributed by atoms with Crippen molar-refractivity contribution in [1.82, 2.24) is 19.3 Å². The van der Waals surface area contributed by atoms with Crippen molar-refractivity contribution in [3.8, 4) is 11.6 Å². The predicted octanol–water partition coefficient (Wildman–Crippen LogP) is 2.67. The Morgan fingerprint density at radius 2 is 1.77 bits per heavy atom. The molecule has 3 heterocycles. The standard InChI is InChI=1S/C17H15N5/c18-11-14-12-19-22(17(14)21-9-3-4-10-21)16-8-7-13-5-1-2-6-15(13)20-16/h1-10,12H,11,18H2. The van der Waals surface area contributed by atoms with E-state index in [2.05, 4.69) is 11.2 Å². The second-order valence-corrected chi connectivity index (χ2v) is 5.06. The number of para-hydroxylation sites is 1. The summed E-state index contributed by atoms with van der Waals surface area (Å²) < 4.78 is 3.83. The summed E-state index contributed by atoms with van der Waals surface area (Å²) in [6.45, 7) is 0.432. The summed E-state index contributed by atoms with van der Waals surface area (Å²) in [6.07, 6.45) is 5.76. The molecule has 0 unspecified atom stereocenters. The molecular weight excluding hydrogens is 274 g/mol. The van der Waals surface area contributed by atoms with Gasteiger partial charge in [-0.15, -0.1) is 0 Å². The molecule has 3 aromatic heterocycles. The van der Waals surface area contributed by atoms with Gasteiger partial charge in [0.15, 0.2) is 5.82 Å². The van der Waals surface area contributed by atoms with Crippen LogP contribution in [-0.4, -0.2) is 19.3 Å². The van der Waals surface area contributed by atoms with Gasteiger partial charge < -0.3 is 10.3 Å². The second kappa shape index (κ2) is 5.13. The minimum atomic E-state index is 0.432. The molecular formula is C17H15N5. The molecule has 0 amide bonds. The Balaban J connectivity index is 1.93. The van der Waals surface area contributed by atoms with Crippen molar-refractivity contribution in [3.05, 3.63) is 72.7 Å². The van der Waals surface area contributed by atoms with Crippen LogP contribution in [0.2, 0.25) is 0 Å². The fraction of sp³-hybridized carbons (Fsp3) is 0.0588. The van der Waals surface area contributed by atoms with Crippen LogP contribution in [-0.2, 0) is 6.54 Å². The average molecular weight is 289 g/mol. The van der Waals surface area contributed by atoms with Gasteiger partial charge in [0.25, 0.3) is 0 Å². The molecule has 0 saturated heterocycles. The fourth-order valence-corrected chi connectivity index (χ4v) is 2.61. The van der Waals surface area contributed by atoms with E-state index < -0.39 is 0 Å². The summed E-state index contributed by atoms with van der Waals surface area (Å²) in [7, 11) is 0. The number of nitrogens with two attached hydrogens (primary N) is 1. The maximum absolute atomic E-state index is 5.85. The van der Waals surface area contributed by atoms with E-state index in [-0.39, 0.29) is 0 Å². The van der Waals surface area contributed by atoms with Crippen LogP contribution in [0, 0.1) is 0 Å². The maximum atomic E-state index is 5.85. The summed E-state index contributed by atoms with van der Waals surface area (Å²) >= 11 is 0. The molecule has 5 heteroatoms. The molecule has 22 heavy (non-hydrogen) atoms. The van der Waals surface area contributed by atoms with Crippen LogP contribution < -0.4 is 5.73 Å². The number of fused-ring (bicyclic) bond motifs is 1. The Morgan fingerprint density at radius 3 is 2.59 bits per heavy atom. The van der Waals surface area contributed by atoms with Crippen molar-refractivity contribution in [1.29, 1.82) is 0 Å². The summed E-state index contributed by atoms with van der Waals surface area (Å²) in [5.41, 5.74) is 7.78. The van der Waals surface area contributed by atoms with Crippen LogP contribution in [0.4, 0.5) is 0 Å². The van der Waals surface area contributed by atoms with Gasteiger partial charge in [-0.3, -0.25) is 0 Å². The first-order chi connectivity index (χ1) is 10.9. The minimum Gasteiger partial charge on any atom is -0.326 e. The van der Waals surface area contributed by atoms with Gasteiger partial charge in [0.2, 0.25) is 0 Å². The van der Waals surface area contributed by atoms with Crippen molar-refractivity contribution < 1.29 is 0 Å². The van der Waals surface area contributed by atoms with Gasteiger partial charge in [0, 0.05) is 29.9 Å². The Hall–Kier alpha value is -2.92. The molecule has 0 atom stereocenters. The van der Waals surface area contributed by atoms with Crippen molar-refractivity contribution in [2.24, 2.45) is 5.73 Å². The number of benzene rings is 1. The zero-order valence-electron chi connectivity index (χ0n) is 11.9. The Labute approximate surface area is 127 Å². The molecule has 0 aliphatic carbocycles. The fourth-order valence-electron chi connectivity index (χ4n) is 2.61. The van der Waals surface area contributed by atoms with Crippen LogP contribution in [0.15, 0.2) is 67.1 Å². The molecule has 0 fully saturated rings. The van der Waals surface area contributed by atoms with Crippen LogP contribution in [0.5, 0.6) is 0 Å². The summed E-state index contributed by atoms with van der Waals surface area (Å²) in [5.74, 6) is 1.71. The number of nitrogens with zero attached hydrogens (tertiary/aromatic N) is 4. The van der Waals surface area contributed by atoms with Gasteiger partial charge in [-0.2, -0.15) is 9.78 Å². The van der Waals surface area contributed by atoms with Crippen molar-refractivity contribution >= 4 is 10.9 Å². The molecule has 0 radical (unpaired) electrons. The van der Waals surface area contributed by atoms with Gasteiger partial charge in [-0.25, -0.2) is 4.98 Å². The second-order valence-electron chi connectivity index (χ2n) is 5.06. The third-order valence-electron chi connectivity index (χ3n) is 3.69. The normalized spacial score (nSPS) is 11.1. The van der Waals surface area contributed by atoms with E-state index in [1.807, 2.05) is 64.1 Å². The van der Waals surface area contributed by atoms with Crippen molar-refractivity contribution in [3.63, 3.8) is 0 Å². The summed E-state index contributed by atoms with van der Waals surface area (Å²) in [6, 6.07) is 16.0. The number of pyridine rings is 1. The summed E-state index contributed by atoms with van der Waals surface area (Å²) in [5, 5.41) is 5.58. The highest BCUT2D eigenvalue weighted by Crippen LogP contribution is 2.20. The van der Waals surface area contributed by atoms with Crippen LogP contribution in [0.25, 0.3) is 22.5 Å². The van der Waals surface area contributed by atoms with Crippen LogP contribution in [0.1, 0.15) is 5.56 Å². The van der Waals surface area contributed by atoms with Gasteiger partial charge in [0.05, 0.1) is 11.7 Å². The zero-order valence-corrected chi connectivity index (χ0v) is 11.9. The van der Waals surface area contributed by atoms with E-state index >= 15 is 0 Å². The molecule has 1 aromatic carbocycles. The quantitative estimate of drug-likeness (QED) is 0.630. The molecule has 0 spiro atoms. The first-order valence-corrected chi connectivity index (χ1v) is 7.13. The van der Waals surface area contributed by atoms with Crippen LogP contribution in [0.3, 0.4) is 0 Å². The lowest BCUT2D eigenvalue weighted by Gasteiger charge is -2.10. The monoisotopic (exact) mass is 289 g/mol. The van der Waals surface area contributed by atoms with E-state index in [1.54, 1.807) is 6.20 Å². The highest BCUT2D eigenvalue weighted by atomic mass is 15.4. The van der Waals surface area contributed by atoms with Crippen LogP contribution >= 0.6 is 0 Å². The molecule has 5 nitrogen and oxygen atoms in total. The molecule has 0 aliphatic rings. The lowest BCUT2D eigenvalue weighted by molar-refractivity contribution is 0.799. The van der Waals surface area contributed by atoms with E-state index in [0.717, 1.165) is 28.1 Å². The lowest BCUT2D eigenvalue weighted by atomic mass is 10.2. The molecule has 0 aliphatic heterocycles. The van der Waals surface area contributed by atoms with Gasteiger partial charge in [-0.05, 0) is 30.3 Å². The topological polar surface area (TPSA) is 61.7 Å². The molecule has 0 saturated carbocycles. The Kier molecular flexibility index (Phi) is 2.98. The molecule has 108 valence electrons. The first kappa shape index (κ1) is 12.8. The van der Waals surface area contributed by atoms with E-state index in [9.17, 15) is 0 Å². The molecule has 2 N–H and O–H groups in total. The molecule has 0 bridgehead atoms. The third-order valence-corrected chi connectivity index (χ3v) is 3.69. The number of hydrogen-bond donors (Lipinski definition) is 1. The molecule has 4 aromatic rings. The molecule has 4 rings (SSSR count). The number of rotatable bonds is 3. The largest absolute Gasteiger partial charge is 0.326 e. The minimum absolute atomic E-state index is 0.432. The predicted molar refractivity (Wildman–Crippen MR) is 86.1 cm³/mol. The third kappa shape index (κ3) is 1.99. The maximum Gasteiger partial charge on any atom is 0.156 e. The highest BCUT2D eigenvalue weighted by Gasteiger charge is 2.13. The number of aromatic nitrogens is 4. The smallest absolute Gasteiger partial charge is 0.156 e. The first-order valence-electron chi connectivity index (χ1n) is 7.13. The van der Waals surface area contributed by atoms with Gasteiger partial charge >= 0.3 is 0 Å². The van der Waals surface area contributed by atoms with E-state index in [0.29, 0.717) is 6.54 Å². The van der Waals surface area contributed by atoms with E-state index in [4.69, 9.17) is 10.7 Å².